The van der Waals surface area contributed by atoms with Crippen LogP contribution < -0.4 is 20.9 Å². The summed E-state index contributed by atoms with van der Waals surface area (Å²) in [7, 11) is 0. The van der Waals surface area contributed by atoms with Gasteiger partial charge >= 0.3 is 0 Å². The zero-order valence-corrected chi connectivity index (χ0v) is 7.40. The maximum absolute atomic E-state index is 11.4. The van der Waals surface area contributed by atoms with Gasteiger partial charge in [-0.1, -0.05) is 0 Å². The van der Waals surface area contributed by atoms with Crippen molar-refractivity contribution in [2.24, 2.45) is 11.5 Å². The molecule has 74 valence electrons. The fourth-order valence-electron chi connectivity index (χ4n) is 1.24. The van der Waals surface area contributed by atoms with E-state index >= 15 is 0 Å². The van der Waals surface area contributed by atoms with Crippen LogP contribution in [0.4, 0.5) is 0 Å². The Balaban J connectivity index is 2.33. The smallest absolute Gasteiger partial charge is 0.231 e. The summed E-state index contributed by atoms with van der Waals surface area (Å²) in [4.78, 5) is 11.4. The first-order valence-corrected chi connectivity index (χ1v) is 4.13. The number of Topliss-reactive ketones (excluding diaryl/α,β-unsaturated/α-hetero) is 1. The highest BCUT2D eigenvalue weighted by Crippen LogP contribution is 2.32. The van der Waals surface area contributed by atoms with Crippen LogP contribution in [0.3, 0.4) is 0 Å². The molecule has 1 aromatic carbocycles. The number of ether oxygens (including phenoxy) is 2. The van der Waals surface area contributed by atoms with E-state index in [2.05, 4.69) is 0 Å². The zero-order chi connectivity index (χ0) is 10.1. The summed E-state index contributed by atoms with van der Waals surface area (Å²) in [6.07, 6.45) is -0.990. The van der Waals surface area contributed by atoms with Crippen LogP contribution in [0.15, 0.2) is 18.2 Å². The molecular formula is C9H10N2O3. The normalized spacial score (nSPS) is 13.4. The molecule has 0 unspecified atom stereocenters. The standard InChI is InChI=1S/C9H10N2O3/c10-9(11)8(12)5-1-2-6-7(3-5)14-4-13-6/h1-3,9H,4,10-11H2. The van der Waals surface area contributed by atoms with Gasteiger partial charge in [-0.2, -0.15) is 0 Å². The maximum Gasteiger partial charge on any atom is 0.231 e. The summed E-state index contributed by atoms with van der Waals surface area (Å²) in [5, 5.41) is 0. The third kappa shape index (κ3) is 1.43. The molecule has 1 aliphatic heterocycles. The van der Waals surface area contributed by atoms with Crippen molar-refractivity contribution >= 4 is 5.78 Å². The molecule has 0 amide bonds. The second kappa shape index (κ2) is 3.28. The minimum Gasteiger partial charge on any atom is -0.454 e. The van der Waals surface area contributed by atoms with Crippen LogP contribution in [0, 0.1) is 0 Å². The second-order valence-corrected chi connectivity index (χ2v) is 2.96. The molecule has 1 heterocycles. The predicted molar refractivity (Wildman–Crippen MR) is 49.1 cm³/mol. The number of fused-ring (bicyclic) bond motifs is 1. The monoisotopic (exact) mass is 194 g/mol. The molecule has 0 fully saturated rings. The van der Waals surface area contributed by atoms with Crippen molar-refractivity contribution in [2.45, 2.75) is 6.17 Å². The summed E-state index contributed by atoms with van der Waals surface area (Å²) in [6.45, 7) is 0.182. The van der Waals surface area contributed by atoms with E-state index in [-0.39, 0.29) is 12.6 Å². The summed E-state index contributed by atoms with van der Waals surface area (Å²) in [6, 6.07) is 4.86. The van der Waals surface area contributed by atoms with Gasteiger partial charge in [-0.25, -0.2) is 0 Å². The van der Waals surface area contributed by atoms with Gasteiger partial charge in [0.05, 0.1) is 0 Å². The van der Waals surface area contributed by atoms with Crippen molar-refractivity contribution in [3.63, 3.8) is 0 Å². The van der Waals surface area contributed by atoms with E-state index in [4.69, 9.17) is 20.9 Å². The molecule has 0 atom stereocenters. The molecule has 0 bridgehead atoms. The van der Waals surface area contributed by atoms with Gasteiger partial charge < -0.3 is 20.9 Å². The van der Waals surface area contributed by atoms with E-state index in [0.29, 0.717) is 17.1 Å². The predicted octanol–water partition coefficient (Wildman–Crippen LogP) is -0.159. The summed E-state index contributed by atoms with van der Waals surface area (Å²) in [5.41, 5.74) is 11.0. The third-order valence-electron chi connectivity index (χ3n) is 1.96. The van der Waals surface area contributed by atoms with Gasteiger partial charge in [0.25, 0.3) is 0 Å². The molecule has 0 saturated heterocycles. The molecule has 5 heteroatoms. The summed E-state index contributed by atoms with van der Waals surface area (Å²) in [5.74, 6) is 0.868. The highest BCUT2D eigenvalue weighted by atomic mass is 16.7. The highest BCUT2D eigenvalue weighted by molar-refractivity contribution is 6.00. The van der Waals surface area contributed by atoms with Crippen LogP contribution >= 0.6 is 0 Å². The van der Waals surface area contributed by atoms with Crippen molar-refractivity contribution in [2.75, 3.05) is 6.79 Å². The number of carbonyl (C=O) groups excluding carboxylic acids is 1. The topological polar surface area (TPSA) is 87.6 Å². The number of benzene rings is 1. The quantitative estimate of drug-likeness (QED) is 0.504. The van der Waals surface area contributed by atoms with Crippen molar-refractivity contribution in [1.82, 2.24) is 0 Å². The highest BCUT2D eigenvalue weighted by Gasteiger charge is 2.17. The SMILES string of the molecule is NC(N)C(=O)c1ccc2c(c1)OCO2. The van der Waals surface area contributed by atoms with Crippen molar-refractivity contribution in [1.29, 1.82) is 0 Å². The number of hydrogen-bond acceptors (Lipinski definition) is 5. The lowest BCUT2D eigenvalue weighted by atomic mass is 10.1. The van der Waals surface area contributed by atoms with Crippen LogP contribution in [0.1, 0.15) is 10.4 Å². The summed E-state index contributed by atoms with van der Waals surface area (Å²) >= 11 is 0. The average molecular weight is 194 g/mol. The molecule has 0 spiro atoms. The second-order valence-electron chi connectivity index (χ2n) is 2.96. The van der Waals surface area contributed by atoms with Crippen LogP contribution in [-0.2, 0) is 0 Å². The fraction of sp³-hybridized carbons (Fsp3) is 0.222. The first kappa shape index (κ1) is 8.98. The molecule has 14 heavy (non-hydrogen) atoms. The number of rotatable bonds is 2. The Morgan fingerprint density at radius 2 is 2.00 bits per heavy atom. The first-order valence-electron chi connectivity index (χ1n) is 4.13. The summed E-state index contributed by atoms with van der Waals surface area (Å²) < 4.78 is 10.2. The van der Waals surface area contributed by atoms with Crippen LogP contribution in [-0.4, -0.2) is 18.7 Å². The zero-order valence-electron chi connectivity index (χ0n) is 7.40. The Labute approximate surface area is 80.6 Å². The van der Waals surface area contributed by atoms with E-state index in [0.717, 1.165) is 0 Å². The molecule has 0 aromatic heterocycles. The third-order valence-corrected chi connectivity index (χ3v) is 1.96. The number of nitrogens with two attached hydrogens (primary N) is 2. The van der Waals surface area contributed by atoms with Crippen molar-refractivity contribution in [3.8, 4) is 11.5 Å². The van der Waals surface area contributed by atoms with Gasteiger partial charge in [-0.15, -0.1) is 0 Å². The van der Waals surface area contributed by atoms with Gasteiger partial charge in [-0.05, 0) is 18.2 Å². The lowest BCUT2D eigenvalue weighted by Crippen LogP contribution is -2.39. The van der Waals surface area contributed by atoms with Crippen molar-refractivity contribution < 1.29 is 14.3 Å². The van der Waals surface area contributed by atoms with Crippen LogP contribution in [0.25, 0.3) is 0 Å². The minimum atomic E-state index is -0.990. The minimum absolute atomic E-state index is 0.182. The van der Waals surface area contributed by atoms with E-state index in [1.807, 2.05) is 0 Å². The van der Waals surface area contributed by atoms with Gasteiger partial charge in [0.1, 0.15) is 6.17 Å². The maximum atomic E-state index is 11.4. The molecule has 4 N–H and O–H groups in total. The number of ketones is 1. The average Bonchev–Trinajstić information content (AvgIpc) is 2.62. The van der Waals surface area contributed by atoms with Gasteiger partial charge in [0.15, 0.2) is 17.3 Å². The largest absolute Gasteiger partial charge is 0.454 e. The number of hydrogen-bond donors (Lipinski definition) is 2. The lowest BCUT2D eigenvalue weighted by molar-refractivity contribution is 0.0963. The molecular weight excluding hydrogens is 184 g/mol. The lowest BCUT2D eigenvalue weighted by Gasteiger charge is -2.04. The molecule has 0 radical (unpaired) electrons. The van der Waals surface area contributed by atoms with Crippen molar-refractivity contribution in [3.05, 3.63) is 23.8 Å². The Morgan fingerprint density at radius 3 is 2.71 bits per heavy atom. The van der Waals surface area contributed by atoms with Crippen LogP contribution in [0.5, 0.6) is 11.5 Å². The van der Waals surface area contributed by atoms with Crippen LogP contribution in [0.2, 0.25) is 0 Å². The Morgan fingerprint density at radius 1 is 1.29 bits per heavy atom. The van der Waals surface area contributed by atoms with Gasteiger partial charge in [-0.3, -0.25) is 4.79 Å². The molecule has 2 rings (SSSR count). The Bertz CT molecular complexity index is 376. The van der Waals surface area contributed by atoms with Gasteiger partial charge in [0, 0.05) is 5.56 Å². The molecule has 0 saturated carbocycles. The number of carbonyl (C=O) groups is 1. The molecule has 1 aromatic rings. The van der Waals surface area contributed by atoms with Gasteiger partial charge in [0.2, 0.25) is 6.79 Å². The first-order chi connectivity index (χ1) is 6.68. The fourth-order valence-corrected chi connectivity index (χ4v) is 1.24. The Kier molecular flexibility index (Phi) is 2.11. The van der Waals surface area contributed by atoms with E-state index in [9.17, 15) is 4.79 Å². The molecule has 1 aliphatic rings. The molecule has 5 nitrogen and oxygen atoms in total. The van der Waals surface area contributed by atoms with E-state index in [1.54, 1.807) is 18.2 Å². The van der Waals surface area contributed by atoms with E-state index < -0.39 is 6.17 Å². The van der Waals surface area contributed by atoms with E-state index in [1.165, 1.54) is 0 Å². The Hall–Kier alpha value is -1.59. The molecule has 0 aliphatic carbocycles.